The minimum Gasteiger partial charge on any atom is -0.468 e. The standard InChI is InChI=1S/C11H15N3OS2/c1-3-9-13-11(17-14-9)16-10(7(2)12)8-5-4-6-15-8/h4-7,10H,3,12H2,1-2H3. The zero-order valence-electron chi connectivity index (χ0n) is 9.79. The van der Waals surface area contributed by atoms with Crippen molar-refractivity contribution in [1.82, 2.24) is 9.36 Å². The molecule has 2 unspecified atom stereocenters. The molecule has 0 saturated heterocycles. The van der Waals surface area contributed by atoms with Gasteiger partial charge in [0.1, 0.15) is 11.6 Å². The molecule has 0 saturated carbocycles. The van der Waals surface area contributed by atoms with Gasteiger partial charge in [-0.3, -0.25) is 0 Å². The minimum absolute atomic E-state index is 0.000117. The molecule has 2 aromatic rings. The number of nitrogens with two attached hydrogens (primary N) is 1. The van der Waals surface area contributed by atoms with Gasteiger partial charge in [0.15, 0.2) is 4.34 Å². The second kappa shape index (κ2) is 5.66. The number of hydrogen-bond donors (Lipinski definition) is 1. The van der Waals surface area contributed by atoms with E-state index >= 15 is 0 Å². The number of aromatic nitrogens is 2. The van der Waals surface area contributed by atoms with Gasteiger partial charge in [-0.05, 0) is 30.6 Å². The first-order valence-electron chi connectivity index (χ1n) is 5.49. The fourth-order valence-corrected chi connectivity index (χ4v) is 3.35. The van der Waals surface area contributed by atoms with Crippen LogP contribution >= 0.6 is 23.3 Å². The molecule has 2 atom stereocenters. The van der Waals surface area contributed by atoms with Crippen LogP contribution in [0.25, 0.3) is 0 Å². The Kier molecular flexibility index (Phi) is 4.20. The lowest BCUT2D eigenvalue weighted by Crippen LogP contribution is -2.22. The Bertz CT molecular complexity index is 453. The maximum Gasteiger partial charge on any atom is 0.170 e. The van der Waals surface area contributed by atoms with Crippen molar-refractivity contribution in [3.8, 4) is 0 Å². The van der Waals surface area contributed by atoms with E-state index < -0.39 is 0 Å². The van der Waals surface area contributed by atoms with E-state index in [0.717, 1.165) is 22.3 Å². The molecule has 4 nitrogen and oxygen atoms in total. The largest absolute Gasteiger partial charge is 0.468 e. The summed E-state index contributed by atoms with van der Waals surface area (Å²) in [7, 11) is 0. The molecule has 0 bridgehead atoms. The molecule has 2 rings (SSSR count). The smallest absolute Gasteiger partial charge is 0.170 e. The minimum atomic E-state index is 0.000117. The summed E-state index contributed by atoms with van der Waals surface area (Å²) < 4.78 is 10.6. The highest BCUT2D eigenvalue weighted by Gasteiger charge is 2.22. The van der Waals surface area contributed by atoms with Gasteiger partial charge in [-0.1, -0.05) is 18.7 Å². The second-order valence-corrected chi connectivity index (χ2v) is 5.88. The third kappa shape index (κ3) is 3.08. The van der Waals surface area contributed by atoms with Crippen LogP contribution in [0, 0.1) is 0 Å². The summed E-state index contributed by atoms with van der Waals surface area (Å²) in [4.78, 5) is 4.43. The number of nitrogens with zero attached hydrogens (tertiary/aromatic N) is 2. The molecule has 2 heterocycles. The maximum absolute atomic E-state index is 5.99. The van der Waals surface area contributed by atoms with Gasteiger partial charge in [0, 0.05) is 12.5 Å². The Morgan fingerprint density at radius 1 is 1.59 bits per heavy atom. The average molecular weight is 269 g/mol. The van der Waals surface area contributed by atoms with Gasteiger partial charge < -0.3 is 10.2 Å². The lowest BCUT2D eigenvalue weighted by Gasteiger charge is -2.15. The molecule has 0 aromatic carbocycles. The highest BCUT2D eigenvalue weighted by molar-refractivity contribution is 8.01. The summed E-state index contributed by atoms with van der Waals surface area (Å²) in [5.74, 6) is 1.78. The molecular weight excluding hydrogens is 254 g/mol. The SMILES string of the molecule is CCc1nsc(SC(c2ccco2)C(C)N)n1. The third-order valence-electron chi connectivity index (χ3n) is 2.29. The summed E-state index contributed by atoms with van der Waals surface area (Å²) in [5.41, 5.74) is 5.99. The molecule has 0 aliphatic heterocycles. The van der Waals surface area contributed by atoms with E-state index in [-0.39, 0.29) is 11.3 Å². The van der Waals surface area contributed by atoms with Gasteiger partial charge in [0.25, 0.3) is 0 Å². The molecule has 0 amide bonds. The monoisotopic (exact) mass is 269 g/mol. The van der Waals surface area contributed by atoms with Crippen molar-refractivity contribution < 1.29 is 4.42 Å². The van der Waals surface area contributed by atoms with E-state index in [4.69, 9.17) is 10.2 Å². The number of aryl methyl sites for hydroxylation is 1. The van der Waals surface area contributed by atoms with E-state index in [2.05, 4.69) is 9.36 Å². The van der Waals surface area contributed by atoms with Gasteiger partial charge in [-0.25, -0.2) is 4.98 Å². The van der Waals surface area contributed by atoms with Gasteiger partial charge in [0.05, 0.1) is 11.5 Å². The Hall–Kier alpha value is -0.850. The molecule has 0 radical (unpaired) electrons. The molecule has 2 aromatic heterocycles. The first kappa shape index (κ1) is 12.6. The third-order valence-corrected chi connectivity index (χ3v) is 4.56. The number of hydrogen-bond acceptors (Lipinski definition) is 6. The molecule has 0 spiro atoms. The van der Waals surface area contributed by atoms with E-state index in [1.807, 2.05) is 26.0 Å². The van der Waals surface area contributed by atoms with Crippen molar-refractivity contribution in [3.05, 3.63) is 30.0 Å². The lowest BCUT2D eigenvalue weighted by atomic mass is 10.2. The molecule has 0 aliphatic carbocycles. The van der Waals surface area contributed by atoms with E-state index in [9.17, 15) is 0 Å². The van der Waals surface area contributed by atoms with Crippen molar-refractivity contribution in [3.63, 3.8) is 0 Å². The van der Waals surface area contributed by atoms with Crippen LogP contribution in [0.4, 0.5) is 0 Å². The number of rotatable bonds is 5. The summed E-state index contributed by atoms with van der Waals surface area (Å²) in [6.45, 7) is 4.02. The van der Waals surface area contributed by atoms with Crippen molar-refractivity contribution in [1.29, 1.82) is 0 Å². The van der Waals surface area contributed by atoms with E-state index in [1.54, 1.807) is 18.0 Å². The first-order valence-corrected chi connectivity index (χ1v) is 7.14. The normalized spacial score (nSPS) is 14.8. The van der Waals surface area contributed by atoms with Gasteiger partial charge in [0.2, 0.25) is 0 Å². The van der Waals surface area contributed by atoms with Crippen molar-refractivity contribution in [2.75, 3.05) is 0 Å². The Morgan fingerprint density at radius 2 is 2.41 bits per heavy atom. The van der Waals surface area contributed by atoms with Crippen LogP contribution in [0.3, 0.4) is 0 Å². The summed E-state index contributed by atoms with van der Waals surface area (Å²) in [5, 5.41) is 0.0858. The highest BCUT2D eigenvalue weighted by atomic mass is 32.2. The zero-order valence-corrected chi connectivity index (χ0v) is 11.4. The second-order valence-electron chi connectivity index (χ2n) is 3.74. The van der Waals surface area contributed by atoms with Gasteiger partial charge in [-0.2, -0.15) is 4.37 Å². The summed E-state index contributed by atoms with van der Waals surface area (Å²) in [6, 6.07) is 3.83. The Morgan fingerprint density at radius 3 is 2.94 bits per heavy atom. The highest BCUT2D eigenvalue weighted by Crippen LogP contribution is 2.38. The van der Waals surface area contributed by atoms with Crippen molar-refractivity contribution in [2.45, 2.75) is 35.9 Å². The van der Waals surface area contributed by atoms with Gasteiger partial charge >= 0.3 is 0 Å². The van der Waals surface area contributed by atoms with Crippen LogP contribution in [0.5, 0.6) is 0 Å². The number of thioether (sulfide) groups is 1. The Labute approximate surface area is 109 Å². The molecule has 17 heavy (non-hydrogen) atoms. The summed E-state index contributed by atoms with van der Waals surface area (Å²) >= 11 is 3.04. The van der Waals surface area contributed by atoms with Crippen LogP contribution in [0.15, 0.2) is 27.2 Å². The quantitative estimate of drug-likeness (QED) is 0.845. The lowest BCUT2D eigenvalue weighted by molar-refractivity contribution is 0.486. The molecule has 6 heteroatoms. The van der Waals surface area contributed by atoms with E-state index in [0.29, 0.717) is 0 Å². The average Bonchev–Trinajstić information content (AvgIpc) is 2.96. The maximum atomic E-state index is 5.99. The topological polar surface area (TPSA) is 64.9 Å². The van der Waals surface area contributed by atoms with Crippen molar-refractivity contribution in [2.24, 2.45) is 5.73 Å². The molecular formula is C11H15N3OS2. The first-order chi connectivity index (χ1) is 8.20. The van der Waals surface area contributed by atoms with Crippen molar-refractivity contribution >= 4 is 23.3 Å². The van der Waals surface area contributed by atoms with Crippen LogP contribution in [0.1, 0.15) is 30.7 Å². The predicted octanol–water partition coefficient (Wildman–Crippen LogP) is 2.87. The fraction of sp³-hybridized carbons (Fsp3) is 0.455. The van der Waals surface area contributed by atoms with Crippen LogP contribution < -0.4 is 5.73 Å². The Balaban J connectivity index is 2.13. The van der Waals surface area contributed by atoms with Gasteiger partial charge in [-0.15, -0.1) is 0 Å². The zero-order chi connectivity index (χ0) is 12.3. The predicted molar refractivity (Wildman–Crippen MR) is 70.2 cm³/mol. The van der Waals surface area contributed by atoms with Crippen LogP contribution in [-0.2, 0) is 6.42 Å². The van der Waals surface area contributed by atoms with Crippen LogP contribution in [-0.4, -0.2) is 15.4 Å². The molecule has 2 N–H and O–H groups in total. The van der Waals surface area contributed by atoms with Crippen LogP contribution in [0.2, 0.25) is 0 Å². The fourth-order valence-electron chi connectivity index (χ4n) is 1.42. The summed E-state index contributed by atoms with van der Waals surface area (Å²) in [6.07, 6.45) is 2.53. The van der Waals surface area contributed by atoms with E-state index in [1.165, 1.54) is 11.5 Å². The molecule has 92 valence electrons. The molecule has 0 aliphatic rings. The molecule has 0 fully saturated rings. The number of furan rings is 1.